The number of amides is 5. The largest absolute Gasteiger partial charge is 0.445 e. The summed E-state index contributed by atoms with van der Waals surface area (Å²) in [4.78, 5) is 67.1. The van der Waals surface area contributed by atoms with Crippen LogP contribution in [0.5, 0.6) is 0 Å². The minimum Gasteiger partial charge on any atom is -0.445 e. The molecule has 0 fully saturated rings. The predicted molar refractivity (Wildman–Crippen MR) is 204 cm³/mol. The molecule has 0 saturated heterocycles. The molecule has 5 amide bonds. The molecule has 0 aliphatic rings. The Labute approximate surface area is 316 Å². The van der Waals surface area contributed by atoms with E-state index in [0.29, 0.717) is 64.7 Å². The summed E-state index contributed by atoms with van der Waals surface area (Å²) in [6, 6.07) is 5.42. The van der Waals surface area contributed by atoms with E-state index in [9.17, 15) is 24.0 Å². The summed E-state index contributed by atoms with van der Waals surface area (Å²) >= 11 is 0. The van der Waals surface area contributed by atoms with Crippen LogP contribution in [-0.2, 0) is 39.9 Å². The third kappa shape index (κ3) is 21.5. The number of primary amides is 1. The van der Waals surface area contributed by atoms with Gasteiger partial charge >= 0.3 is 12.1 Å². The standard InChI is InChI=1S/C38H66N6O9/c1-9-20-50-22-24-52-25-23-51-21-16-33(46)42-34(28(2)3)32(45)26-30(11-10-17-40-36(39)48)35(47)41-31-14-12-29(13-15-31)27-53-37(49)43(7)18-19-44(8)38(4,5)6/h12-15,28,30,34H,9-11,16-27H2,1-8H3,(H,41,47)(H,42,46)(H3,39,40,48)/t30-,34+/m1/s1. The molecule has 0 aliphatic carbocycles. The first-order chi connectivity index (χ1) is 25.0. The van der Waals surface area contributed by atoms with E-state index in [2.05, 4.69) is 41.6 Å². The molecule has 1 aromatic rings. The van der Waals surface area contributed by atoms with Crippen LogP contribution in [0.4, 0.5) is 15.3 Å². The van der Waals surface area contributed by atoms with E-state index in [4.69, 9.17) is 24.7 Å². The van der Waals surface area contributed by atoms with Crippen LogP contribution < -0.4 is 21.7 Å². The summed E-state index contributed by atoms with van der Waals surface area (Å²) in [7, 11) is 3.70. The van der Waals surface area contributed by atoms with Crippen molar-refractivity contribution in [2.45, 2.75) is 91.8 Å². The summed E-state index contributed by atoms with van der Waals surface area (Å²) < 4.78 is 21.7. The van der Waals surface area contributed by atoms with E-state index >= 15 is 0 Å². The van der Waals surface area contributed by atoms with Crippen LogP contribution in [0.25, 0.3) is 0 Å². The fraction of sp³-hybridized carbons (Fsp3) is 0.711. The fourth-order valence-electron chi connectivity index (χ4n) is 4.88. The quantitative estimate of drug-likeness (QED) is 0.0959. The molecule has 0 unspecified atom stereocenters. The van der Waals surface area contributed by atoms with Gasteiger partial charge in [0.05, 0.1) is 39.1 Å². The SMILES string of the molecule is CCCOCCOCCOCCC(=O)N[C@H](C(=O)C[C@@H](CCCNC(N)=O)C(=O)Nc1ccc(COC(=O)N(C)CCN(C)C(C)(C)C)cc1)C(C)C. The van der Waals surface area contributed by atoms with E-state index < -0.39 is 24.1 Å². The van der Waals surface area contributed by atoms with Crippen molar-refractivity contribution in [1.29, 1.82) is 0 Å². The van der Waals surface area contributed by atoms with Gasteiger partial charge in [-0.15, -0.1) is 0 Å². The van der Waals surface area contributed by atoms with Gasteiger partial charge in [-0.3, -0.25) is 19.3 Å². The van der Waals surface area contributed by atoms with Gasteiger partial charge in [-0.05, 0) is 70.7 Å². The highest BCUT2D eigenvalue weighted by atomic mass is 16.6. The molecule has 0 bridgehead atoms. The van der Waals surface area contributed by atoms with Gasteiger partial charge in [-0.1, -0.05) is 32.9 Å². The zero-order valence-corrected chi connectivity index (χ0v) is 33.3. The maximum Gasteiger partial charge on any atom is 0.409 e. The van der Waals surface area contributed by atoms with Gasteiger partial charge in [0.25, 0.3) is 0 Å². The average molecular weight is 751 g/mol. The molecule has 0 aliphatic heterocycles. The van der Waals surface area contributed by atoms with Crippen molar-refractivity contribution < 1.29 is 42.9 Å². The van der Waals surface area contributed by atoms with Crippen LogP contribution in [0.2, 0.25) is 0 Å². The van der Waals surface area contributed by atoms with Crippen molar-refractivity contribution in [3.63, 3.8) is 0 Å². The Morgan fingerprint density at radius 3 is 2.04 bits per heavy atom. The first-order valence-corrected chi connectivity index (χ1v) is 18.6. The summed E-state index contributed by atoms with van der Waals surface area (Å²) in [5.41, 5.74) is 6.42. The number of benzene rings is 1. The molecular weight excluding hydrogens is 684 g/mol. The van der Waals surface area contributed by atoms with Crippen LogP contribution in [0.1, 0.15) is 79.2 Å². The lowest BCUT2D eigenvalue weighted by molar-refractivity contribution is -0.131. The third-order valence-electron chi connectivity index (χ3n) is 8.55. The monoisotopic (exact) mass is 750 g/mol. The van der Waals surface area contributed by atoms with Crippen LogP contribution in [0.15, 0.2) is 24.3 Å². The van der Waals surface area contributed by atoms with Crippen molar-refractivity contribution in [2.75, 3.05) is 78.7 Å². The highest BCUT2D eigenvalue weighted by Crippen LogP contribution is 2.20. The molecule has 0 heterocycles. The molecule has 15 heteroatoms. The second-order valence-electron chi connectivity index (χ2n) is 14.4. The number of nitrogens with two attached hydrogens (primary N) is 1. The van der Waals surface area contributed by atoms with E-state index in [1.165, 1.54) is 4.90 Å². The van der Waals surface area contributed by atoms with E-state index in [-0.39, 0.29) is 61.7 Å². The summed E-state index contributed by atoms with van der Waals surface area (Å²) in [5.74, 6) is -1.94. The molecular formula is C38H66N6O9. The Hall–Kier alpha value is -3.79. The minimum atomic E-state index is -0.798. The molecule has 0 aromatic heterocycles. The molecule has 15 nitrogen and oxygen atoms in total. The number of hydrogen-bond donors (Lipinski definition) is 4. The summed E-state index contributed by atoms with van der Waals surface area (Å²) in [5, 5.41) is 8.19. The third-order valence-corrected chi connectivity index (χ3v) is 8.55. The predicted octanol–water partition coefficient (Wildman–Crippen LogP) is 3.94. The van der Waals surface area contributed by atoms with E-state index in [0.717, 1.165) is 12.0 Å². The van der Waals surface area contributed by atoms with Gasteiger partial charge in [-0.2, -0.15) is 0 Å². The topological polar surface area (TPSA) is 191 Å². The first-order valence-electron chi connectivity index (χ1n) is 18.6. The average Bonchev–Trinajstić information content (AvgIpc) is 3.10. The van der Waals surface area contributed by atoms with Gasteiger partial charge in [-0.25, -0.2) is 9.59 Å². The highest BCUT2D eigenvalue weighted by molar-refractivity contribution is 5.97. The van der Waals surface area contributed by atoms with Crippen LogP contribution in [0.3, 0.4) is 0 Å². The number of likely N-dealkylation sites (N-methyl/N-ethyl adjacent to an activating group) is 2. The number of hydrogen-bond acceptors (Lipinski definition) is 10. The van der Waals surface area contributed by atoms with Crippen molar-refractivity contribution in [2.24, 2.45) is 17.6 Å². The normalized spacial score (nSPS) is 12.6. The smallest absolute Gasteiger partial charge is 0.409 e. The fourth-order valence-corrected chi connectivity index (χ4v) is 4.88. The number of ether oxygens (including phenoxy) is 4. The number of rotatable bonds is 27. The number of ketones is 1. The lowest BCUT2D eigenvalue weighted by Gasteiger charge is -2.33. The van der Waals surface area contributed by atoms with Crippen molar-refractivity contribution >= 4 is 35.4 Å². The molecule has 0 saturated carbocycles. The molecule has 0 spiro atoms. The van der Waals surface area contributed by atoms with Crippen LogP contribution in [0, 0.1) is 11.8 Å². The Kier molecular flexibility index (Phi) is 23.2. The molecule has 1 rings (SSSR count). The Morgan fingerprint density at radius 1 is 0.868 bits per heavy atom. The molecule has 1 aromatic carbocycles. The van der Waals surface area contributed by atoms with Gasteiger partial charge in [0.2, 0.25) is 11.8 Å². The first kappa shape index (κ1) is 47.2. The molecule has 5 N–H and O–H groups in total. The van der Waals surface area contributed by atoms with Crippen LogP contribution >= 0.6 is 0 Å². The second-order valence-corrected chi connectivity index (χ2v) is 14.4. The molecule has 2 atom stereocenters. The van der Waals surface area contributed by atoms with Crippen molar-refractivity contribution in [3.05, 3.63) is 29.8 Å². The second kappa shape index (κ2) is 26.1. The van der Waals surface area contributed by atoms with Gasteiger partial charge in [0, 0.05) is 63.3 Å². The zero-order valence-electron chi connectivity index (χ0n) is 33.3. The van der Waals surface area contributed by atoms with Gasteiger partial charge in [0.1, 0.15) is 6.61 Å². The summed E-state index contributed by atoms with van der Waals surface area (Å²) in [6.07, 6.45) is 1.18. The Bertz CT molecular complexity index is 1240. The highest BCUT2D eigenvalue weighted by Gasteiger charge is 2.29. The number of nitrogens with zero attached hydrogens (tertiary/aromatic N) is 2. The van der Waals surface area contributed by atoms with Crippen LogP contribution in [-0.4, -0.2) is 124 Å². The van der Waals surface area contributed by atoms with E-state index in [1.54, 1.807) is 31.3 Å². The zero-order chi connectivity index (χ0) is 39.8. The molecule has 53 heavy (non-hydrogen) atoms. The van der Waals surface area contributed by atoms with Crippen molar-refractivity contribution in [3.8, 4) is 0 Å². The minimum absolute atomic E-state index is 0.00964. The number of nitrogens with one attached hydrogen (secondary N) is 3. The number of Topliss-reactive ketones (excluding diaryl/α,β-unsaturated/α-hetero) is 1. The molecule has 302 valence electrons. The number of carbonyl (C=O) groups excluding carboxylic acids is 5. The van der Waals surface area contributed by atoms with E-state index in [1.807, 2.05) is 27.8 Å². The van der Waals surface area contributed by atoms with Gasteiger partial charge < -0.3 is 45.5 Å². The number of carbonyl (C=O) groups is 5. The Balaban J connectivity index is 2.72. The molecule has 0 radical (unpaired) electrons. The maximum absolute atomic E-state index is 13.5. The lowest BCUT2D eigenvalue weighted by atomic mass is 9.89. The lowest BCUT2D eigenvalue weighted by Crippen LogP contribution is -2.45. The van der Waals surface area contributed by atoms with Gasteiger partial charge in [0.15, 0.2) is 5.78 Å². The summed E-state index contributed by atoms with van der Waals surface area (Å²) in [6.45, 7) is 16.1. The number of anilines is 1. The Morgan fingerprint density at radius 2 is 1.47 bits per heavy atom. The number of urea groups is 1. The maximum atomic E-state index is 13.5. The van der Waals surface area contributed by atoms with Crippen molar-refractivity contribution in [1.82, 2.24) is 20.4 Å².